The zero-order valence-corrected chi connectivity index (χ0v) is 10.1. The standard InChI is InChI=1S/C12H24O4/c1-3-16-7-5-4-6-11(2)12(8-13,9-14)10-15/h3,11,13-15H,1,4-10H2,2H3. The van der Waals surface area contributed by atoms with Crippen LogP contribution in [0.4, 0.5) is 0 Å². The predicted octanol–water partition coefficient (Wildman–Crippen LogP) is 0.916. The lowest BCUT2D eigenvalue weighted by molar-refractivity contribution is -0.0363. The Morgan fingerprint density at radius 3 is 2.19 bits per heavy atom. The van der Waals surface area contributed by atoms with E-state index in [1.165, 1.54) is 6.26 Å². The first-order valence-electron chi connectivity index (χ1n) is 5.72. The van der Waals surface area contributed by atoms with Gasteiger partial charge in [0, 0.05) is 5.41 Å². The molecule has 4 heteroatoms. The van der Waals surface area contributed by atoms with Gasteiger partial charge < -0.3 is 20.1 Å². The molecule has 0 heterocycles. The maximum atomic E-state index is 9.23. The molecule has 3 N–H and O–H groups in total. The Labute approximate surface area is 97.6 Å². The third-order valence-corrected chi connectivity index (χ3v) is 3.26. The summed E-state index contributed by atoms with van der Waals surface area (Å²) in [5.41, 5.74) is -0.765. The molecule has 0 rings (SSSR count). The van der Waals surface area contributed by atoms with Crippen LogP contribution < -0.4 is 0 Å². The van der Waals surface area contributed by atoms with Crippen molar-refractivity contribution < 1.29 is 20.1 Å². The molecule has 0 aromatic carbocycles. The monoisotopic (exact) mass is 232 g/mol. The van der Waals surface area contributed by atoms with E-state index in [1.807, 2.05) is 6.92 Å². The van der Waals surface area contributed by atoms with Crippen LogP contribution in [-0.4, -0.2) is 41.7 Å². The van der Waals surface area contributed by atoms with E-state index in [0.717, 1.165) is 19.3 Å². The van der Waals surface area contributed by atoms with E-state index in [1.54, 1.807) is 0 Å². The Bertz CT molecular complexity index is 170. The summed E-state index contributed by atoms with van der Waals surface area (Å²) in [5.74, 6) is 0.0798. The Balaban J connectivity index is 3.92. The summed E-state index contributed by atoms with van der Waals surface area (Å²) in [5, 5.41) is 27.7. The highest BCUT2D eigenvalue weighted by molar-refractivity contribution is 4.82. The highest BCUT2D eigenvalue weighted by atomic mass is 16.5. The zero-order chi connectivity index (χ0) is 12.4. The summed E-state index contributed by atoms with van der Waals surface area (Å²) in [6.07, 6.45) is 4.12. The van der Waals surface area contributed by atoms with Crippen LogP contribution in [0.3, 0.4) is 0 Å². The van der Waals surface area contributed by atoms with E-state index in [2.05, 4.69) is 6.58 Å². The minimum absolute atomic E-state index is 0.0798. The first-order chi connectivity index (χ1) is 7.66. The fourth-order valence-corrected chi connectivity index (χ4v) is 1.64. The topological polar surface area (TPSA) is 69.9 Å². The molecule has 0 radical (unpaired) electrons. The molecule has 0 aromatic rings. The van der Waals surface area contributed by atoms with Gasteiger partial charge in [-0.1, -0.05) is 13.5 Å². The molecule has 0 aromatic heterocycles. The highest BCUT2D eigenvalue weighted by Crippen LogP contribution is 2.30. The summed E-state index contributed by atoms with van der Waals surface area (Å²) in [6, 6.07) is 0. The summed E-state index contributed by atoms with van der Waals surface area (Å²) >= 11 is 0. The van der Waals surface area contributed by atoms with Crippen molar-refractivity contribution >= 4 is 0 Å². The van der Waals surface area contributed by atoms with Crippen LogP contribution in [0.15, 0.2) is 12.8 Å². The van der Waals surface area contributed by atoms with E-state index in [-0.39, 0.29) is 25.7 Å². The van der Waals surface area contributed by atoms with Gasteiger partial charge in [0.15, 0.2) is 0 Å². The Morgan fingerprint density at radius 1 is 1.19 bits per heavy atom. The van der Waals surface area contributed by atoms with Gasteiger partial charge in [-0.25, -0.2) is 0 Å². The summed E-state index contributed by atoms with van der Waals surface area (Å²) < 4.78 is 5.00. The molecule has 0 fully saturated rings. The maximum Gasteiger partial charge on any atom is 0.0873 e. The van der Waals surface area contributed by atoms with Crippen molar-refractivity contribution in [3.8, 4) is 0 Å². The summed E-state index contributed by atoms with van der Waals surface area (Å²) in [4.78, 5) is 0. The molecule has 1 atom stereocenters. The smallest absolute Gasteiger partial charge is 0.0873 e. The molecule has 4 nitrogen and oxygen atoms in total. The second-order valence-electron chi connectivity index (χ2n) is 4.27. The predicted molar refractivity (Wildman–Crippen MR) is 62.9 cm³/mol. The number of hydrogen-bond donors (Lipinski definition) is 3. The van der Waals surface area contributed by atoms with Crippen molar-refractivity contribution in [1.29, 1.82) is 0 Å². The molecule has 0 aliphatic heterocycles. The molecule has 0 aliphatic carbocycles. The average Bonchev–Trinajstić information content (AvgIpc) is 2.32. The number of aliphatic hydroxyl groups is 3. The molecule has 0 bridgehead atoms. The Hall–Kier alpha value is -0.580. The van der Waals surface area contributed by atoms with Crippen LogP contribution in [0.25, 0.3) is 0 Å². The third kappa shape index (κ3) is 4.51. The molecule has 0 saturated carbocycles. The summed E-state index contributed by atoms with van der Waals surface area (Å²) in [7, 11) is 0. The minimum Gasteiger partial charge on any atom is -0.502 e. The molecule has 1 unspecified atom stereocenters. The Kier molecular flexibility index (Phi) is 8.25. The van der Waals surface area contributed by atoms with Crippen LogP contribution in [0, 0.1) is 11.3 Å². The van der Waals surface area contributed by atoms with Gasteiger partial charge in [0.2, 0.25) is 0 Å². The number of hydrogen-bond acceptors (Lipinski definition) is 4. The number of ether oxygens (including phenoxy) is 1. The van der Waals surface area contributed by atoms with E-state index in [9.17, 15) is 15.3 Å². The molecule has 0 saturated heterocycles. The first kappa shape index (κ1) is 15.4. The SMILES string of the molecule is C=COCCCCC(C)C(CO)(CO)CO. The van der Waals surface area contributed by atoms with Gasteiger partial charge in [0.25, 0.3) is 0 Å². The normalized spacial score (nSPS) is 13.5. The van der Waals surface area contributed by atoms with Gasteiger partial charge in [-0.2, -0.15) is 0 Å². The highest BCUT2D eigenvalue weighted by Gasteiger charge is 2.34. The molecule has 0 spiro atoms. The molecular formula is C12H24O4. The van der Waals surface area contributed by atoms with Crippen molar-refractivity contribution in [1.82, 2.24) is 0 Å². The van der Waals surface area contributed by atoms with E-state index in [4.69, 9.17) is 4.74 Å². The fourth-order valence-electron chi connectivity index (χ4n) is 1.64. The number of aliphatic hydroxyl groups excluding tert-OH is 3. The van der Waals surface area contributed by atoms with Gasteiger partial charge >= 0.3 is 0 Å². The van der Waals surface area contributed by atoms with Crippen LogP contribution in [0.5, 0.6) is 0 Å². The number of rotatable bonds is 10. The van der Waals surface area contributed by atoms with Crippen LogP contribution in [0.1, 0.15) is 26.2 Å². The molecule has 0 aliphatic rings. The second-order valence-corrected chi connectivity index (χ2v) is 4.27. The van der Waals surface area contributed by atoms with Crippen molar-refractivity contribution in [2.24, 2.45) is 11.3 Å². The quantitative estimate of drug-likeness (QED) is 0.387. The minimum atomic E-state index is -0.765. The summed E-state index contributed by atoms with van der Waals surface area (Å²) in [6.45, 7) is 5.46. The largest absolute Gasteiger partial charge is 0.502 e. The van der Waals surface area contributed by atoms with Gasteiger partial charge in [-0.3, -0.25) is 0 Å². The van der Waals surface area contributed by atoms with Gasteiger partial charge in [-0.15, -0.1) is 0 Å². The van der Waals surface area contributed by atoms with Crippen LogP contribution >= 0.6 is 0 Å². The van der Waals surface area contributed by atoms with Crippen molar-refractivity contribution in [3.05, 3.63) is 12.8 Å². The van der Waals surface area contributed by atoms with Gasteiger partial charge in [0.1, 0.15) is 0 Å². The maximum absolute atomic E-state index is 9.23. The molecular weight excluding hydrogens is 208 g/mol. The molecule has 16 heavy (non-hydrogen) atoms. The van der Waals surface area contributed by atoms with Crippen molar-refractivity contribution in [2.75, 3.05) is 26.4 Å². The lowest BCUT2D eigenvalue weighted by Gasteiger charge is -2.34. The third-order valence-electron chi connectivity index (χ3n) is 3.26. The molecule has 96 valence electrons. The molecule has 0 amide bonds. The lowest BCUT2D eigenvalue weighted by Crippen LogP contribution is -2.40. The van der Waals surface area contributed by atoms with Gasteiger partial charge in [0.05, 0.1) is 32.7 Å². The van der Waals surface area contributed by atoms with Crippen molar-refractivity contribution in [3.63, 3.8) is 0 Å². The fraction of sp³-hybridized carbons (Fsp3) is 0.833. The van der Waals surface area contributed by atoms with Gasteiger partial charge in [-0.05, 0) is 25.2 Å². The second kappa shape index (κ2) is 8.56. The lowest BCUT2D eigenvalue weighted by atomic mass is 9.76. The van der Waals surface area contributed by atoms with Crippen LogP contribution in [-0.2, 0) is 4.74 Å². The van der Waals surface area contributed by atoms with Crippen LogP contribution in [0.2, 0.25) is 0 Å². The van der Waals surface area contributed by atoms with E-state index >= 15 is 0 Å². The average molecular weight is 232 g/mol. The van der Waals surface area contributed by atoms with E-state index in [0.29, 0.717) is 6.61 Å². The zero-order valence-electron chi connectivity index (χ0n) is 10.1. The van der Waals surface area contributed by atoms with E-state index < -0.39 is 5.41 Å². The first-order valence-corrected chi connectivity index (χ1v) is 5.72. The Morgan fingerprint density at radius 2 is 1.75 bits per heavy atom. The van der Waals surface area contributed by atoms with Crippen molar-refractivity contribution in [2.45, 2.75) is 26.2 Å². The number of unbranched alkanes of at least 4 members (excludes halogenated alkanes) is 1.